The van der Waals surface area contributed by atoms with Gasteiger partial charge in [0.1, 0.15) is 18.1 Å². The van der Waals surface area contributed by atoms with Gasteiger partial charge in [0, 0.05) is 12.0 Å². The van der Waals surface area contributed by atoms with Gasteiger partial charge in [0.25, 0.3) is 0 Å². The number of hydrogen-bond acceptors (Lipinski definition) is 5. The van der Waals surface area contributed by atoms with Crippen LogP contribution in [-0.2, 0) is 24.6 Å². The zero-order valence-electron chi connectivity index (χ0n) is 16.3. The fourth-order valence-corrected chi connectivity index (χ4v) is 2.64. The van der Waals surface area contributed by atoms with Crippen LogP contribution < -0.4 is 9.47 Å². The minimum absolute atomic E-state index is 0.0868. The molecule has 3 aromatic carbocycles. The predicted octanol–water partition coefficient (Wildman–Crippen LogP) is 4.34. The molecule has 29 heavy (non-hydrogen) atoms. The highest BCUT2D eigenvalue weighted by Crippen LogP contribution is 2.18. The fourth-order valence-electron chi connectivity index (χ4n) is 2.64. The molecule has 0 heterocycles. The van der Waals surface area contributed by atoms with Crippen LogP contribution in [0.15, 0.2) is 72.8 Å². The molecule has 6 heteroatoms. The van der Waals surface area contributed by atoms with Crippen molar-refractivity contribution in [1.29, 1.82) is 0 Å². The zero-order valence-corrected chi connectivity index (χ0v) is 17.1. The van der Waals surface area contributed by atoms with Crippen molar-refractivity contribution in [2.45, 2.75) is 20.0 Å². The summed E-state index contributed by atoms with van der Waals surface area (Å²) in [6, 6.07) is 23.1. The van der Waals surface area contributed by atoms with Crippen molar-refractivity contribution in [2.24, 2.45) is 0 Å². The maximum absolute atomic E-state index is 12.5. The summed E-state index contributed by atoms with van der Waals surface area (Å²) < 4.78 is 27.6. The molecule has 3 rings (SSSR count). The van der Waals surface area contributed by atoms with Gasteiger partial charge in [-0.1, -0.05) is 54.1 Å². The number of rotatable bonds is 7. The summed E-state index contributed by atoms with van der Waals surface area (Å²) in [5, 5.41) is 0. The number of ether oxygens (including phenoxy) is 2. The molecule has 0 saturated heterocycles. The lowest BCUT2D eigenvalue weighted by Crippen LogP contribution is -2.04. The monoisotopic (exact) mass is 410 g/mol. The van der Waals surface area contributed by atoms with E-state index in [1.165, 1.54) is 5.56 Å². The van der Waals surface area contributed by atoms with Crippen LogP contribution in [0.5, 0.6) is 11.5 Å². The van der Waals surface area contributed by atoms with Gasteiger partial charge in [0.05, 0.1) is 7.11 Å². The lowest BCUT2D eigenvalue weighted by atomic mass is 10.0. The van der Waals surface area contributed by atoms with Crippen LogP contribution in [0.4, 0.5) is 0 Å². The first-order valence-electron chi connectivity index (χ1n) is 8.92. The Morgan fingerprint density at radius 2 is 1.48 bits per heavy atom. The van der Waals surface area contributed by atoms with Gasteiger partial charge >= 0.3 is 11.6 Å². The Morgan fingerprint density at radius 3 is 2.10 bits per heavy atom. The van der Waals surface area contributed by atoms with Crippen LogP contribution in [0, 0.1) is 6.92 Å². The highest BCUT2D eigenvalue weighted by atomic mass is 32.1. The van der Waals surface area contributed by atoms with Crippen molar-refractivity contribution in [2.75, 3.05) is 7.11 Å². The molecule has 0 aliphatic carbocycles. The summed E-state index contributed by atoms with van der Waals surface area (Å²) in [6.07, 6.45) is 0.391. The summed E-state index contributed by atoms with van der Waals surface area (Å²) in [4.78, 5) is 12.5. The topological polar surface area (TPSA) is 69.7 Å². The van der Waals surface area contributed by atoms with Gasteiger partial charge in [0.2, 0.25) is 0 Å². The third-order valence-electron chi connectivity index (χ3n) is 4.21. The third kappa shape index (κ3) is 7.35. The van der Waals surface area contributed by atoms with Crippen LogP contribution in [0.3, 0.4) is 0 Å². The highest BCUT2D eigenvalue weighted by molar-refractivity contribution is 7.51. The summed E-state index contributed by atoms with van der Waals surface area (Å²) in [5.74, 6) is 1.59. The predicted molar refractivity (Wildman–Crippen MR) is 112 cm³/mol. The number of ketones is 1. The SMILES string of the molecule is COc1ccc(COc2cccc(C(=O)Cc3ccc(C)cc3)c2)cc1.O=S=O. The summed E-state index contributed by atoms with van der Waals surface area (Å²) in [6.45, 7) is 2.48. The Morgan fingerprint density at radius 1 is 0.862 bits per heavy atom. The van der Waals surface area contributed by atoms with Gasteiger partial charge in [-0.2, -0.15) is 8.42 Å². The average molecular weight is 410 g/mol. The Kier molecular flexibility index (Phi) is 8.79. The molecule has 0 aliphatic rings. The lowest BCUT2D eigenvalue weighted by molar-refractivity contribution is 0.0992. The minimum atomic E-state index is -0.750. The average Bonchev–Trinajstić information content (AvgIpc) is 2.75. The molecule has 150 valence electrons. The summed E-state index contributed by atoms with van der Waals surface area (Å²) >= 11 is -0.750. The van der Waals surface area contributed by atoms with Gasteiger partial charge < -0.3 is 9.47 Å². The minimum Gasteiger partial charge on any atom is -0.497 e. The Balaban J connectivity index is 0.000000941. The van der Waals surface area contributed by atoms with Gasteiger partial charge in [-0.25, -0.2) is 0 Å². The number of aryl methyl sites for hydroxylation is 1. The second-order valence-electron chi connectivity index (χ2n) is 6.32. The van der Waals surface area contributed by atoms with Gasteiger partial charge in [0.15, 0.2) is 5.78 Å². The quantitative estimate of drug-likeness (QED) is 0.542. The van der Waals surface area contributed by atoms with Crippen molar-refractivity contribution in [1.82, 2.24) is 0 Å². The maximum Gasteiger partial charge on any atom is 0.335 e. The zero-order chi connectivity index (χ0) is 21.1. The van der Waals surface area contributed by atoms with E-state index in [1.807, 2.05) is 73.7 Å². The smallest absolute Gasteiger partial charge is 0.335 e. The number of carbonyl (C=O) groups is 1. The number of benzene rings is 3. The molecule has 0 bridgehead atoms. The molecular formula is C23H22O5S. The molecule has 0 aliphatic heterocycles. The molecule has 0 amide bonds. The summed E-state index contributed by atoms with van der Waals surface area (Å²) in [5.41, 5.74) is 3.92. The van der Waals surface area contributed by atoms with E-state index in [9.17, 15) is 4.79 Å². The number of Topliss-reactive ketones (excluding diaryl/α,β-unsaturated/α-hetero) is 1. The number of carbonyl (C=O) groups excluding carboxylic acids is 1. The molecule has 0 radical (unpaired) electrons. The molecule has 3 aromatic rings. The highest BCUT2D eigenvalue weighted by Gasteiger charge is 2.08. The van der Waals surface area contributed by atoms with E-state index < -0.39 is 11.6 Å². The molecule has 0 atom stereocenters. The van der Waals surface area contributed by atoms with Gasteiger partial charge in [-0.3, -0.25) is 4.79 Å². The van der Waals surface area contributed by atoms with Crippen LogP contribution >= 0.6 is 0 Å². The van der Waals surface area contributed by atoms with E-state index in [4.69, 9.17) is 17.9 Å². The second-order valence-corrected chi connectivity index (χ2v) is 6.45. The van der Waals surface area contributed by atoms with Crippen molar-refractivity contribution in [3.05, 3.63) is 95.1 Å². The molecule has 0 unspecified atom stereocenters. The first kappa shape index (κ1) is 22.0. The fraction of sp³-hybridized carbons (Fsp3) is 0.174. The molecule has 0 spiro atoms. The van der Waals surface area contributed by atoms with E-state index in [-0.39, 0.29) is 5.78 Å². The Labute approximate surface area is 173 Å². The largest absolute Gasteiger partial charge is 0.497 e. The van der Waals surface area contributed by atoms with E-state index >= 15 is 0 Å². The van der Waals surface area contributed by atoms with Crippen molar-refractivity contribution >= 4 is 17.4 Å². The normalized spacial score (nSPS) is 9.72. The van der Waals surface area contributed by atoms with E-state index in [0.29, 0.717) is 24.3 Å². The first-order valence-corrected chi connectivity index (χ1v) is 9.58. The third-order valence-corrected chi connectivity index (χ3v) is 4.21. The standard InChI is InChI=1S/C23H22O3.O2S/c1-17-6-8-18(9-7-17)14-23(24)20-4-3-5-22(15-20)26-16-19-10-12-21(25-2)13-11-19;1-3-2/h3-13,15H,14,16H2,1-2H3;. The van der Waals surface area contributed by atoms with Crippen molar-refractivity contribution < 1.29 is 22.7 Å². The number of hydrogen-bond donors (Lipinski definition) is 0. The van der Waals surface area contributed by atoms with Crippen LogP contribution in [0.1, 0.15) is 27.0 Å². The number of methoxy groups -OCH3 is 1. The lowest BCUT2D eigenvalue weighted by Gasteiger charge is -2.09. The summed E-state index contributed by atoms with van der Waals surface area (Å²) in [7, 11) is 1.64. The molecular weight excluding hydrogens is 388 g/mol. The Hall–Kier alpha value is -3.25. The van der Waals surface area contributed by atoms with E-state index in [1.54, 1.807) is 13.2 Å². The second kappa shape index (κ2) is 11.6. The van der Waals surface area contributed by atoms with Crippen LogP contribution in [0.2, 0.25) is 0 Å². The molecule has 5 nitrogen and oxygen atoms in total. The molecule has 0 aromatic heterocycles. The van der Waals surface area contributed by atoms with E-state index in [0.717, 1.165) is 16.9 Å². The molecule has 0 N–H and O–H groups in total. The first-order chi connectivity index (χ1) is 14.0. The van der Waals surface area contributed by atoms with Crippen molar-refractivity contribution in [3.8, 4) is 11.5 Å². The van der Waals surface area contributed by atoms with Crippen LogP contribution in [-0.4, -0.2) is 21.3 Å². The van der Waals surface area contributed by atoms with E-state index in [2.05, 4.69) is 0 Å². The molecule has 0 fully saturated rings. The van der Waals surface area contributed by atoms with Gasteiger partial charge in [-0.05, 0) is 42.3 Å². The molecule has 0 saturated carbocycles. The van der Waals surface area contributed by atoms with Gasteiger partial charge in [-0.15, -0.1) is 0 Å². The maximum atomic E-state index is 12.5. The Bertz CT molecular complexity index is 959. The van der Waals surface area contributed by atoms with Crippen molar-refractivity contribution in [3.63, 3.8) is 0 Å². The van der Waals surface area contributed by atoms with Crippen LogP contribution in [0.25, 0.3) is 0 Å².